The number of benzene rings is 1. The first-order chi connectivity index (χ1) is 10.7. The van der Waals surface area contributed by atoms with Crippen molar-refractivity contribution in [1.82, 2.24) is 9.38 Å². The lowest BCUT2D eigenvalue weighted by molar-refractivity contribution is 0.996. The number of rotatable bonds is 3. The molecule has 0 amide bonds. The fourth-order valence-electron chi connectivity index (χ4n) is 2.62. The Labute approximate surface area is 129 Å². The van der Waals surface area contributed by atoms with E-state index in [4.69, 9.17) is 12.3 Å². The monoisotopic (exact) mass is 288 g/mol. The third-order valence-corrected chi connectivity index (χ3v) is 3.67. The van der Waals surface area contributed by atoms with Gasteiger partial charge in [0.2, 0.25) is 0 Å². The number of nitrogens with zero attached hydrogens (tertiary/aromatic N) is 3. The second-order valence-electron chi connectivity index (χ2n) is 4.98. The third-order valence-electron chi connectivity index (χ3n) is 3.67. The molecule has 2 aromatic heterocycles. The van der Waals surface area contributed by atoms with Gasteiger partial charge >= 0.3 is 0 Å². The van der Waals surface area contributed by atoms with Gasteiger partial charge in [-0.1, -0.05) is 43.3 Å². The lowest BCUT2D eigenvalue weighted by Gasteiger charge is -2.09. The molecule has 0 aliphatic carbocycles. The highest BCUT2D eigenvalue weighted by atomic mass is 15.1. The molecule has 0 aliphatic rings. The number of imidazole rings is 1. The Kier molecular flexibility index (Phi) is 3.63. The van der Waals surface area contributed by atoms with Crippen LogP contribution in [-0.2, 0) is 6.42 Å². The van der Waals surface area contributed by atoms with E-state index in [1.54, 1.807) is 6.20 Å². The normalized spacial score (nSPS) is 11.5. The number of fused-ring (bicyclic) bond motifs is 1. The first kappa shape index (κ1) is 13.9. The summed E-state index contributed by atoms with van der Waals surface area (Å²) in [5.41, 5.74) is 10.7. The Bertz CT molecular complexity index is 883. The highest BCUT2D eigenvalue weighted by Crippen LogP contribution is 2.25. The molecular weight excluding hydrogens is 272 g/mol. The summed E-state index contributed by atoms with van der Waals surface area (Å²) in [4.78, 5) is 7.82. The van der Waals surface area contributed by atoms with Crippen LogP contribution in [0.1, 0.15) is 23.7 Å². The summed E-state index contributed by atoms with van der Waals surface area (Å²) in [5.74, 6) is 0.565. The average Bonchev–Trinajstić information content (AvgIpc) is 2.87. The fourth-order valence-corrected chi connectivity index (χ4v) is 2.62. The fraction of sp³-hybridized carbons (Fsp3) is 0.111. The summed E-state index contributed by atoms with van der Waals surface area (Å²) in [6.07, 6.45) is 4.37. The predicted octanol–water partition coefficient (Wildman–Crippen LogP) is 3.79. The summed E-state index contributed by atoms with van der Waals surface area (Å²) < 4.78 is 2.01. The first-order valence-corrected chi connectivity index (χ1v) is 7.13. The Hall–Kier alpha value is -3.06. The van der Waals surface area contributed by atoms with Crippen molar-refractivity contribution in [3.8, 4) is 0 Å². The van der Waals surface area contributed by atoms with E-state index in [9.17, 15) is 0 Å². The highest BCUT2D eigenvalue weighted by molar-refractivity contribution is 5.80. The summed E-state index contributed by atoms with van der Waals surface area (Å²) >= 11 is 0. The van der Waals surface area contributed by atoms with Gasteiger partial charge in [0, 0.05) is 6.20 Å². The van der Waals surface area contributed by atoms with Crippen LogP contribution in [0.2, 0.25) is 0 Å². The molecule has 4 nitrogen and oxygen atoms in total. The molecule has 0 unspecified atom stereocenters. The average molecular weight is 288 g/mol. The maximum atomic E-state index is 7.19. The summed E-state index contributed by atoms with van der Waals surface area (Å²) in [6, 6.07) is 13.8. The number of hydrogen-bond donors (Lipinski definition) is 1. The van der Waals surface area contributed by atoms with E-state index in [1.807, 2.05) is 53.1 Å². The van der Waals surface area contributed by atoms with Gasteiger partial charge in [-0.2, -0.15) is 0 Å². The molecule has 0 fully saturated rings. The van der Waals surface area contributed by atoms with Gasteiger partial charge in [0.05, 0.1) is 12.3 Å². The Morgan fingerprint density at radius 1 is 1.23 bits per heavy atom. The molecule has 0 spiro atoms. The second-order valence-corrected chi connectivity index (χ2v) is 4.98. The van der Waals surface area contributed by atoms with E-state index in [0.29, 0.717) is 5.82 Å². The van der Waals surface area contributed by atoms with Gasteiger partial charge in [0.1, 0.15) is 11.5 Å². The molecule has 3 aromatic rings. The molecule has 1 aromatic carbocycles. The van der Waals surface area contributed by atoms with E-state index in [2.05, 4.69) is 16.8 Å². The Morgan fingerprint density at radius 2 is 2.00 bits per heavy atom. The molecule has 2 heterocycles. The first-order valence-electron chi connectivity index (χ1n) is 7.13. The molecule has 0 atom stereocenters. The zero-order valence-electron chi connectivity index (χ0n) is 12.3. The standard InChI is InChI=1S/C18H16N4/c1-3-16-18(19)21-17-10-9-14(12-22(16)17)15(11-20-2)13-7-5-4-6-8-13/h4-12H,3,19H2,1H3/b15-11+. The van der Waals surface area contributed by atoms with Crippen LogP contribution in [0.25, 0.3) is 16.1 Å². The molecule has 0 saturated heterocycles. The number of pyridine rings is 1. The van der Waals surface area contributed by atoms with Crippen molar-refractivity contribution in [2.75, 3.05) is 5.73 Å². The van der Waals surface area contributed by atoms with E-state index >= 15 is 0 Å². The number of nitrogen functional groups attached to an aromatic ring is 1. The molecule has 3 rings (SSSR count). The van der Waals surface area contributed by atoms with Crippen LogP contribution in [0.15, 0.2) is 54.9 Å². The highest BCUT2D eigenvalue weighted by Gasteiger charge is 2.10. The number of hydrogen-bond acceptors (Lipinski definition) is 2. The van der Waals surface area contributed by atoms with Crippen LogP contribution in [0.5, 0.6) is 0 Å². The molecule has 0 bridgehead atoms. The lowest BCUT2D eigenvalue weighted by atomic mass is 10.0. The van der Waals surface area contributed by atoms with Crippen LogP contribution in [0.3, 0.4) is 0 Å². The molecule has 0 aliphatic heterocycles. The van der Waals surface area contributed by atoms with Crippen molar-refractivity contribution >= 4 is 17.0 Å². The molecule has 4 heteroatoms. The Balaban J connectivity index is 2.19. The van der Waals surface area contributed by atoms with E-state index < -0.39 is 0 Å². The number of anilines is 1. The minimum atomic E-state index is 0.565. The van der Waals surface area contributed by atoms with E-state index in [1.165, 1.54) is 0 Å². The second kappa shape index (κ2) is 5.74. The van der Waals surface area contributed by atoms with Crippen molar-refractivity contribution in [3.05, 3.63) is 83.1 Å². The van der Waals surface area contributed by atoms with Crippen LogP contribution >= 0.6 is 0 Å². The van der Waals surface area contributed by atoms with E-state index in [0.717, 1.165) is 34.5 Å². The van der Waals surface area contributed by atoms with Gasteiger partial charge in [0.15, 0.2) is 6.20 Å². The van der Waals surface area contributed by atoms with Gasteiger partial charge in [-0.15, -0.1) is 0 Å². The van der Waals surface area contributed by atoms with Crippen molar-refractivity contribution in [2.45, 2.75) is 13.3 Å². The Morgan fingerprint density at radius 3 is 2.68 bits per heavy atom. The van der Waals surface area contributed by atoms with Crippen molar-refractivity contribution < 1.29 is 0 Å². The molecule has 22 heavy (non-hydrogen) atoms. The largest absolute Gasteiger partial charge is 0.382 e. The van der Waals surface area contributed by atoms with Gasteiger partial charge in [-0.05, 0) is 29.2 Å². The summed E-state index contributed by atoms with van der Waals surface area (Å²) in [7, 11) is 0. The molecule has 2 N–H and O–H groups in total. The number of nitrogens with two attached hydrogens (primary N) is 1. The van der Waals surface area contributed by atoms with Crippen LogP contribution in [0.4, 0.5) is 5.82 Å². The van der Waals surface area contributed by atoms with Gasteiger partial charge in [-0.25, -0.2) is 9.83 Å². The van der Waals surface area contributed by atoms with Crippen molar-refractivity contribution in [1.29, 1.82) is 0 Å². The smallest absolute Gasteiger partial charge is 0.162 e. The van der Waals surface area contributed by atoms with Crippen molar-refractivity contribution in [3.63, 3.8) is 0 Å². The third kappa shape index (κ3) is 2.33. The topological polar surface area (TPSA) is 47.7 Å². The number of aromatic nitrogens is 2. The van der Waals surface area contributed by atoms with Crippen LogP contribution < -0.4 is 5.73 Å². The van der Waals surface area contributed by atoms with E-state index in [-0.39, 0.29) is 0 Å². The molecule has 0 saturated carbocycles. The SMILES string of the molecule is [C-]#[N+]/C=C(\c1ccccc1)c1ccc2nc(N)c(CC)n2c1. The minimum Gasteiger partial charge on any atom is -0.382 e. The number of aryl methyl sites for hydroxylation is 1. The zero-order valence-corrected chi connectivity index (χ0v) is 12.3. The zero-order chi connectivity index (χ0) is 15.5. The maximum absolute atomic E-state index is 7.19. The minimum absolute atomic E-state index is 0.565. The quantitative estimate of drug-likeness (QED) is 0.745. The molecule has 0 radical (unpaired) electrons. The lowest BCUT2D eigenvalue weighted by Crippen LogP contribution is -1.97. The summed E-state index contributed by atoms with van der Waals surface area (Å²) in [6.45, 7) is 9.24. The predicted molar refractivity (Wildman–Crippen MR) is 89.1 cm³/mol. The van der Waals surface area contributed by atoms with Gasteiger partial charge in [-0.3, -0.25) is 0 Å². The van der Waals surface area contributed by atoms with Gasteiger partial charge in [0.25, 0.3) is 0 Å². The van der Waals surface area contributed by atoms with Crippen LogP contribution in [0, 0.1) is 6.57 Å². The van der Waals surface area contributed by atoms with Gasteiger partial charge < -0.3 is 10.1 Å². The molecule has 108 valence electrons. The maximum Gasteiger partial charge on any atom is 0.162 e. The summed E-state index contributed by atoms with van der Waals surface area (Å²) in [5, 5.41) is 0. The van der Waals surface area contributed by atoms with Crippen molar-refractivity contribution in [2.24, 2.45) is 0 Å². The van der Waals surface area contributed by atoms with Crippen LogP contribution in [-0.4, -0.2) is 9.38 Å². The molecular formula is C18H16N4.